The van der Waals surface area contributed by atoms with E-state index in [-0.39, 0.29) is 11.8 Å². The van der Waals surface area contributed by atoms with Gasteiger partial charge in [-0.3, -0.25) is 9.59 Å². The molecular formula is C25H20N2O2. The normalized spacial score (nSPS) is 10.5. The Morgan fingerprint density at radius 1 is 0.655 bits per heavy atom. The van der Waals surface area contributed by atoms with Gasteiger partial charge in [0.25, 0.3) is 11.8 Å². The molecule has 0 heterocycles. The van der Waals surface area contributed by atoms with E-state index in [0.717, 1.165) is 16.3 Å². The lowest BCUT2D eigenvalue weighted by molar-refractivity contribution is 0.102. The van der Waals surface area contributed by atoms with Gasteiger partial charge in [0.1, 0.15) is 0 Å². The summed E-state index contributed by atoms with van der Waals surface area (Å²) in [4.78, 5) is 25.7. The summed E-state index contributed by atoms with van der Waals surface area (Å²) in [5.74, 6) is -0.526. The Morgan fingerprint density at radius 3 is 2.17 bits per heavy atom. The van der Waals surface area contributed by atoms with Crippen molar-refractivity contribution >= 4 is 34.0 Å². The Kier molecular flexibility index (Phi) is 5.08. The fraction of sp³-hybridized carbons (Fsp3) is 0.0400. The lowest BCUT2D eigenvalue weighted by Crippen LogP contribution is -2.18. The number of fused-ring (bicyclic) bond motifs is 1. The average Bonchev–Trinajstić information content (AvgIpc) is 2.75. The maximum Gasteiger partial charge on any atom is 0.257 e. The Balaban J connectivity index is 1.60. The van der Waals surface area contributed by atoms with Crippen LogP contribution < -0.4 is 10.6 Å². The number of nitrogens with one attached hydrogen (secondary N) is 2. The molecule has 4 aromatic carbocycles. The van der Waals surface area contributed by atoms with Crippen LogP contribution in [0.3, 0.4) is 0 Å². The number of carbonyl (C=O) groups excluding carboxylic acids is 2. The predicted octanol–water partition coefficient (Wildman–Crippen LogP) is 5.65. The van der Waals surface area contributed by atoms with E-state index in [9.17, 15) is 9.59 Å². The van der Waals surface area contributed by atoms with Gasteiger partial charge >= 0.3 is 0 Å². The molecule has 0 bridgehead atoms. The van der Waals surface area contributed by atoms with Gasteiger partial charge in [-0.2, -0.15) is 0 Å². The molecule has 0 unspecified atom stereocenters. The van der Waals surface area contributed by atoms with Crippen LogP contribution in [0.1, 0.15) is 26.3 Å². The molecule has 0 spiro atoms. The van der Waals surface area contributed by atoms with Crippen molar-refractivity contribution in [2.24, 2.45) is 0 Å². The van der Waals surface area contributed by atoms with Gasteiger partial charge in [-0.15, -0.1) is 0 Å². The van der Waals surface area contributed by atoms with Crippen molar-refractivity contribution in [3.63, 3.8) is 0 Å². The van der Waals surface area contributed by atoms with E-state index in [2.05, 4.69) is 10.6 Å². The number of amides is 2. The van der Waals surface area contributed by atoms with Crippen LogP contribution >= 0.6 is 0 Å². The van der Waals surface area contributed by atoms with Gasteiger partial charge < -0.3 is 10.6 Å². The summed E-state index contributed by atoms with van der Waals surface area (Å²) in [6.45, 7) is 1.91. The maximum absolute atomic E-state index is 12.8. The van der Waals surface area contributed by atoms with Crippen molar-refractivity contribution in [3.8, 4) is 0 Å². The number of hydrogen-bond donors (Lipinski definition) is 2. The largest absolute Gasteiger partial charge is 0.322 e. The molecule has 4 aromatic rings. The first-order chi connectivity index (χ1) is 14.1. The lowest BCUT2D eigenvalue weighted by atomic mass is 10.1. The molecule has 4 rings (SSSR count). The SMILES string of the molecule is Cc1ccc(NC(=O)c2ccc3ccccc3c2)c(C(=O)Nc2ccccc2)c1. The highest BCUT2D eigenvalue weighted by atomic mass is 16.2. The summed E-state index contributed by atoms with van der Waals surface area (Å²) in [6.07, 6.45) is 0. The summed E-state index contributed by atoms with van der Waals surface area (Å²) in [6, 6.07) is 28.1. The van der Waals surface area contributed by atoms with Crippen LogP contribution in [-0.2, 0) is 0 Å². The molecular weight excluding hydrogens is 360 g/mol. The molecule has 0 aromatic heterocycles. The molecule has 4 heteroatoms. The third kappa shape index (κ3) is 4.17. The number of benzene rings is 4. The second-order valence-corrected chi connectivity index (χ2v) is 6.89. The van der Waals surface area contributed by atoms with Crippen molar-refractivity contribution in [1.29, 1.82) is 0 Å². The van der Waals surface area contributed by atoms with Gasteiger partial charge in [0.15, 0.2) is 0 Å². The minimum absolute atomic E-state index is 0.256. The standard InChI is InChI=1S/C25H20N2O2/c1-17-11-14-23(22(15-17)25(29)26-21-9-3-2-4-10-21)27-24(28)20-13-12-18-7-5-6-8-19(18)16-20/h2-16H,1H3,(H,26,29)(H,27,28). The number of para-hydroxylation sites is 1. The highest BCUT2D eigenvalue weighted by molar-refractivity contribution is 6.13. The lowest BCUT2D eigenvalue weighted by Gasteiger charge is -2.13. The summed E-state index contributed by atoms with van der Waals surface area (Å²) >= 11 is 0. The molecule has 0 aliphatic heterocycles. The molecule has 4 nitrogen and oxygen atoms in total. The monoisotopic (exact) mass is 380 g/mol. The number of aryl methyl sites for hydroxylation is 1. The van der Waals surface area contributed by atoms with Gasteiger partial charge in [0, 0.05) is 11.3 Å². The third-order valence-corrected chi connectivity index (χ3v) is 4.71. The Morgan fingerprint density at radius 2 is 1.38 bits per heavy atom. The second kappa shape index (κ2) is 7.98. The zero-order valence-corrected chi connectivity index (χ0v) is 16.0. The van der Waals surface area contributed by atoms with Crippen molar-refractivity contribution in [2.75, 3.05) is 10.6 Å². The fourth-order valence-corrected chi connectivity index (χ4v) is 3.20. The second-order valence-electron chi connectivity index (χ2n) is 6.89. The molecule has 0 saturated carbocycles. The summed E-state index contributed by atoms with van der Waals surface area (Å²) in [5, 5.41) is 7.82. The van der Waals surface area contributed by atoms with Crippen LogP contribution in [0, 0.1) is 6.92 Å². The average molecular weight is 380 g/mol. The van der Waals surface area contributed by atoms with Crippen LogP contribution in [0.2, 0.25) is 0 Å². The van der Waals surface area contributed by atoms with Crippen LogP contribution in [0.25, 0.3) is 10.8 Å². The van der Waals surface area contributed by atoms with E-state index in [1.807, 2.05) is 79.7 Å². The summed E-state index contributed by atoms with van der Waals surface area (Å²) in [5.41, 5.74) is 3.07. The molecule has 2 N–H and O–H groups in total. The maximum atomic E-state index is 12.8. The summed E-state index contributed by atoms with van der Waals surface area (Å²) < 4.78 is 0. The minimum Gasteiger partial charge on any atom is -0.322 e. The molecule has 0 aliphatic rings. The number of anilines is 2. The first kappa shape index (κ1) is 18.4. The number of carbonyl (C=O) groups is 2. The number of hydrogen-bond acceptors (Lipinski definition) is 2. The zero-order chi connectivity index (χ0) is 20.2. The van der Waals surface area contributed by atoms with Crippen molar-refractivity contribution in [1.82, 2.24) is 0 Å². The van der Waals surface area contributed by atoms with Gasteiger partial charge in [-0.1, -0.05) is 60.2 Å². The summed E-state index contributed by atoms with van der Waals surface area (Å²) in [7, 11) is 0. The Hall–Kier alpha value is -3.92. The van der Waals surface area contributed by atoms with E-state index < -0.39 is 0 Å². The van der Waals surface area contributed by atoms with E-state index in [1.54, 1.807) is 18.2 Å². The van der Waals surface area contributed by atoms with Crippen LogP contribution in [-0.4, -0.2) is 11.8 Å². The number of rotatable bonds is 4. The van der Waals surface area contributed by atoms with Crippen LogP contribution in [0.5, 0.6) is 0 Å². The van der Waals surface area contributed by atoms with E-state index in [4.69, 9.17) is 0 Å². The van der Waals surface area contributed by atoms with Crippen molar-refractivity contribution in [3.05, 3.63) is 108 Å². The van der Waals surface area contributed by atoms with Gasteiger partial charge in [-0.05, 0) is 54.1 Å². The highest BCUT2D eigenvalue weighted by Crippen LogP contribution is 2.22. The fourth-order valence-electron chi connectivity index (χ4n) is 3.20. The van der Waals surface area contributed by atoms with Crippen LogP contribution in [0.15, 0.2) is 91.0 Å². The smallest absolute Gasteiger partial charge is 0.257 e. The quantitative estimate of drug-likeness (QED) is 0.480. The van der Waals surface area contributed by atoms with E-state index in [0.29, 0.717) is 22.5 Å². The first-order valence-corrected chi connectivity index (χ1v) is 9.37. The highest BCUT2D eigenvalue weighted by Gasteiger charge is 2.15. The molecule has 0 atom stereocenters. The van der Waals surface area contributed by atoms with E-state index in [1.165, 1.54) is 0 Å². The molecule has 0 aliphatic carbocycles. The molecule has 29 heavy (non-hydrogen) atoms. The van der Waals surface area contributed by atoms with Crippen molar-refractivity contribution in [2.45, 2.75) is 6.92 Å². The zero-order valence-electron chi connectivity index (χ0n) is 16.0. The third-order valence-electron chi connectivity index (χ3n) is 4.71. The van der Waals surface area contributed by atoms with Gasteiger partial charge in [-0.25, -0.2) is 0 Å². The minimum atomic E-state index is -0.270. The predicted molar refractivity (Wildman–Crippen MR) is 117 cm³/mol. The van der Waals surface area contributed by atoms with Crippen LogP contribution in [0.4, 0.5) is 11.4 Å². The van der Waals surface area contributed by atoms with E-state index >= 15 is 0 Å². The Labute approximate surface area is 169 Å². The molecule has 0 fully saturated rings. The Bertz CT molecular complexity index is 1200. The topological polar surface area (TPSA) is 58.2 Å². The first-order valence-electron chi connectivity index (χ1n) is 9.37. The van der Waals surface area contributed by atoms with Gasteiger partial charge in [0.2, 0.25) is 0 Å². The molecule has 0 saturated heterocycles. The van der Waals surface area contributed by atoms with Gasteiger partial charge in [0.05, 0.1) is 11.3 Å². The van der Waals surface area contributed by atoms with Crippen molar-refractivity contribution < 1.29 is 9.59 Å². The molecule has 2 amide bonds. The molecule has 142 valence electrons. The molecule has 0 radical (unpaired) electrons.